The van der Waals surface area contributed by atoms with Crippen LogP contribution in [-0.4, -0.2) is 24.2 Å². The summed E-state index contributed by atoms with van der Waals surface area (Å²) in [6.07, 6.45) is 5.59. The molecule has 0 spiro atoms. The van der Waals surface area contributed by atoms with Crippen molar-refractivity contribution < 1.29 is 4.79 Å². The molecule has 0 aliphatic heterocycles. The quantitative estimate of drug-likeness (QED) is 0.0521. The maximum atomic E-state index is 15.0. The zero-order valence-corrected chi connectivity index (χ0v) is 31.6. The predicted octanol–water partition coefficient (Wildman–Crippen LogP) is 11.9. The average Bonchev–Trinajstić information content (AvgIpc) is 3.04. The molecule has 0 bridgehead atoms. The molecule has 0 aliphatic rings. The SMILES string of the molecule is CCCC/C=[C](\C(=O)c1ccccc1)[Sn]([CH2]C(C)(C)c1ccccc1)([CH2]C(C)(C)c1ccccc1)[CH2]C(C)(C)c1ccccc1. The van der Waals surface area contributed by atoms with Gasteiger partial charge in [-0.15, -0.1) is 0 Å². The van der Waals surface area contributed by atoms with Crippen molar-refractivity contribution >= 4 is 24.2 Å². The van der Waals surface area contributed by atoms with Gasteiger partial charge in [-0.3, -0.25) is 0 Å². The topological polar surface area (TPSA) is 17.1 Å². The van der Waals surface area contributed by atoms with E-state index >= 15 is 4.79 Å². The summed E-state index contributed by atoms with van der Waals surface area (Å²) in [5, 5.41) is 0. The Morgan fingerprint density at radius 1 is 0.556 bits per heavy atom. The van der Waals surface area contributed by atoms with Gasteiger partial charge in [0, 0.05) is 0 Å². The summed E-state index contributed by atoms with van der Waals surface area (Å²) in [4.78, 5) is 15.0. The molecule has 4 aromatic carbocycles. The molecule has 0 heterocycles. The van der Waals surface area contributed by atoms with Gasteiger partial charge in [-0.2, -0.15) is 0 Å². The van der Waals surface area contributed by atoms with Crippen LogP contribution in [0.15, 0.2) is 131 Å². The van der Waals surface area contributed by atoms with Crippen LogP contribution in [0.5, 0.6) is 0 Å². The van der Waals surface area contributed by atoms with Gasteiger partial charge in [-0.05, 0) is 0 Å². The van der Waals surface area contributed by atoms with Crippen molar-refractivity contribution in [2.24, 2.45) is 0 Å². The maximum absolute atomic E-state index is 15.0. The molecule has 0 amide bonds. The van der Waals surface area contributed by atoms with Crippen LogP contribution in [0.1, 0.15) is 94.8 Å². The molecule has 0 aliphatic carbocycles. The molecule has 0 saturated carbocycles. The van der Waals surface area contributed by atoms with Crippen molar-refractivity contribution in [2.45, 2.75) is 97.3 Å². The monoisotopic (exact) mass is 706 g/mol. The summed E-state index contributed by atoms with van der Waals surface area (Å²) < 4.78 is 4.39. The zero-order chi connectivity index (χ0) is 32.6. The molecular weight excluding hydrogens is 651 g/mol. The van der Waals surface area contributed by atoms with E-state index in [0.29, 0.717) is 0 Å². The van der Waals surface area contributed by atoms with Crippen molar-refractivity contribution in [1.82, 2.24) is 0 Å². The molecule has 4 aromatic rings. The Morgan fingerprint density at radius 2 is 0.889 bits per heavy atom. The number of carbonyl (C=O) groups is 1. The number of ketones is 1. The van der Waals surface area contributed by atoms with Crippen LogP contribution in [0.25, 0.3) is 0 Å². The minimum atomic E-state index is -3.81. The van der Waals surface area contributed by atoms with Gasteiger partial charge in [0.2, 0.25) is 0 Å². The number of rotatable bonds is 15. The van der Waals surface area contributed by atoms with E-state index in [4.69, 9.17) is 0 Å². The first-order chi connectivity index (χ1) is 21.4. The summed E-state index contributed by atoms with van der Waals surface area (Å²) in [5.41, 5.74) is 4.66. The molecule has 0 aromatic heterocycles. The van der Waals surface area contributed by atoms with Crippen LogP contribution in [0, 0.1) is 0 Å². The van der Waals surface area contributed by atoms with E-state index in [0.717, 1.165) is 38.1 Å². The zero-order valence-electron chi connectivity index (χ0n) is 28.8. The number of carbonyl (C=O) groups excluding carboxylic acids is 1. The number of hydrogen-bond donors (Lipinski definition) is 0. The van der Waals surface area contributed by atoms with Crippen molar-refractivity contribution in [1.29, 1.82) is 0 Å². The van der Waals surface area contributed by atoms with E-state index in [1.54, 1.807) is 0 Å². The third-order valence-electron chi connectivity index (χ3n) is 9.76. The van der Waals surface area contributed by atoms with Gasteiger partial charge in [-0.25, -0.2) is 0 Å². The second-order valence-corrected chi connectivity index (χ2v) is 26.9. The van der Waals surface area contributed by atoms with Crippen LogP contribution in [-0.2, 0) is 16.2 Å². The molecule has 0 atom stereocenters. The molecule has 2 heteroatoms. The van der Waals surface area contributed by atoms with Crippen molar-refractivity contribution in [3.8, 4) is 0 Å². The van der Waals surface area contributed by atoms with E-state index < -0.39 is 18.4 Å². The molecular formula is C43H54OSn. The average molecular weight is 706 g/mol. The van der Waals surface area contributed by atoms with Gasteiger partial charge in [0.1, 0.15) is 0 Å². The van der Waals surface area contributed by atoms with Crippen molar-refractivity contribution in [3.05, 3.63) is 153 Å². The summed E-state index contributed by atoms with van der Waals surface area (Å²) in [6, 6.07) is 43.2. The van der Waals surface area contributed by atoms with Gasteiger partial charge < -0.3 is 0 Å². The van der Waals surface area contributed by atoms with E-state index in [9.17, 15) is 0 Å². The first-order valence-electron chi connectivity index (χ1n) is 16.9. The summed E-state index contributed by atoms with van der Waals surface area (Å²) in [5.74, 6) is 0.263. The Kier molecular flexibility index (Phi) is 11.7. The molecule has 0 fully saturated rings. The molecule has 45 heavy (non-hydrogen) atoms. The number of hydrogen-bond acceptors (Lipinski definition) is 1. The summed E-state index contributed by atoms with van der Waals surface area (Å²) in [6.45, 7) is 16.8. The van der Waals surface area contributed by atoms with Crippen LogP contribution in [0.2, 0.25) is 13.3 Å². The first kappa shape index (κ1) is 35.0. The minimum absolute atomic E-state index is 0.0856. The Morgan fingerprint density at radius 3 is 1.22 bits per heavy atom. The Balaban J connectivity index is 2.02. The fourth-order valence-corrected chi connectivity index (χ4v) is 30.1. The third kappa shape index (κ3) is 8.88. The van der Waals surface area contributed by atoms with E-state index in [1.807, 2.05) is 30.3 Å². The fourth-order valence-electron chi connectivity index (χ4n) is 7.73. The predicted molar refractivity (Wildman–Crippen MR) is 197 cm³/mol. The standard InChI is InChI=1S/C13H15O.3C10H13.Sn/c1-2-3-4-8-11-13(14)12-9-6-5-7-10-12;3*1-10(2,3)9-7-5-4-6-8-9;/h5-10H,2-4H2,1H3;3*4-8H,1H2,2-3H3;. The molecule has 1 nitrogen and oxygen atoms in total. The number of Topliss-reactive ketones (excluding diaryl/α,β-unsaturated/α-hetero) is 1. The van der Waals surface area contributed by atoms with Gasteiger partial charge in [0.05, 0.1) is 0 Å². The Bertz CT molecular complexity index is 1390. The second kappa shape index (κ2) is 15.1. The summed E-state index contributed by atoms with van der Waals surface area (Å²) in [7, 11) is 0. The number of unbranched alkanes of at least 4 members (excludes halogenated alkanes) is 2. The van der Waals surface area contributed by atoms with Crippen LogP contribution in [0.3, 0.4) is 0 Å². The number of benzene rings is 4. The summed E-state index contributed by atoms with van der Waals surface area (Å²) >= 11 is -3.81. The van der Waals surface area contributed by atoms with Crippen LogP contribution < -0.4 is 0 Å². The Hall–Kier alpha value is -2.91. The molecule has 0 radical (unpaired) electrons. The van der Waals surface area contributed by atoms with Crippen LogP contribution in [0.4, 0.5) is 0 Å². The molecule has 4 rings (SSSR count). The van der Waals surface area contributed by atoms with Gasteiger partial charge >= 0.3 is 279 Å². The normalized spacial score (nSPS) is 13.1. The molecule has 0 N–H and O–H groups in total. The fraction of sp³-hybridized carbons (Fsp3) is 0.372. The Labute approximate surface area is 278 Å². The molecule has 0 saturated heterocycles. The third-order valence-corrected chi connectivity index (χ3v) is 27.6. The second-order valence-electron chi connectivity index (χ2n) is 15.0. The van der Waals surface area contributed by atoms with E-state index in [-0.39, 0.29) is 22.0 Å². The van der Waals surface area contributed by atoms with E-state index in [1.165, 1.54) is 20.3 Å². The van der Waals surface area contributed by atoms with E-state index in [2.05, 4.69) is 146 Å². The first-order valence-corrected chi connectivity index (χ1v) is 24.4. The van der Waals surface area contributed by atoms with Gasteiger partial charge in [-0.1, -0.05) is 0 Å². The number of allylic oxidation sites excluding steroid dienone is 2. The molecule has 0 unspecified atom stereocenters. The van der Waals surface area contributed by atoms with Gasteiger partial charge in [0.15, 0.2) is 0 Å². The van der Waals surface area contributed by atoms with Crippen molar-refractivity contribution in [3.63, 3.8) is 0 Å². The van der Waals surface area contributed by atoms with Crippen molar-refractivity contribution in [2.75, 3.05) is 0 Å². The molecule has 236 valence electrons. The van der Waals surface area contributed by atoms with Crippen LogP contribution >= 0.6 is 0 Å². The van der Waals surface area contributed by atoms with Gasteiger partial charge in [0.25, 0.3) is 0 Å².